The lowest BCUT2D eigenvalue weighted by molar-refractivity contribution is 0.162. The Balaban J connectivity index is 2.81. The van der Waals surface area contributed by atoms with Gasteiger partial charge in [-0.3, -0.25) is 0 Å². The number of aromatic nitrogens is 1. The van der Waals surface area contributed by atoms with Gasteiger partial charge in [-0.1, -0.05) is 0 Å². The summed E-state index contributed by atoms with van der Waals surface area (Å²) in [5.74, 6) is 0.773. The fraction of sp³-hybridized carbons (Fsp3) is 0.500. The van der Waals surface area contributed by atoms with E-state index < -0.39 is 0 Å². The SMILES string of the molecule is COCc1oc(Br)nc1C. The van der Waals surface area contributed by atoms with Crippen molar-refractivity contribution >= 4 is 15.9 Å². The molecule has 0 radical (unpaired) electrons. The Hall–Kier alpha value is -0.350. The molecule has 0 unspecified atom stereocenters. The summed E-state index contributed by atoms with van der Waals surface area (Å²) in [7, 11) is 1.62. The number of rotatable bonds is 2. The molecule has 0 atom stereocenters. The van der Waals surface area contributed by atoms with E-state index in [0.717, 1.165) is 11.5 Å². The third-order valence-electron chi connectivity index (χ3n) is 1.14. The van der Waals surface area contributed by atoms with E-state index in [0.29, 0.717) is 11.4 Å². The summed E-state index contributed by atoms with van der Waals surface area (Å²) in [5, 5.41) is 0. The molecule has 3 nitrogen and oxygen atoms in total. The molecule has 0 amide bonds. The third-order valence-corrected chi connectivity index (χ3v) is 1.48. The van der Waals surface area contributed by atoms with Gasteiger partial charge in [0.05, 0.1) is 5.69 Å². The zero-order valence-corrected chi connectivity index (χ0v) is 7.43. The van der Waals surface area contributed by atoms with Crippen molar-refractivity contribution in [3.05, 3.63) is 16.3 Å². The van der Waals surface area contributed by atoms with E-state index in [1.165, 1.54) is 0 Å². The van der Waals surface area contributed by atoms with Gasteiger partial charge in [0.25, 0.3) is 4.80 Å². The van der Waals surface area contributed by atoms with Crippen LogP contribution in [0.15, 0.2) is 9.22 Å². The molecule has 0 N–H and O–H groups in total. The summed E-state index contributed by atoms with van der Waals surface area (Å²) in [6, 6.07) is 0. The van der Waals surface area contributed by atoms with Crippen LogP contribution >= 0.6 is 15.9 Å². The zero-order valence-electron chi connectivity index (χ0n) is 5.85. The largest absolute Gasteiger partial charge is 0.433 e. The predicted molar refractivity (Wildman–Crippen MR) is 39.7 cm³/mol. The van der Waals surface area contributed by atoms with Crippen molar-refractivity contribution in [2.45, 2.75) is 13.5 Å². The standard InChI is InChI=1S/C6H8BrNO2/c1-4-5(3-9-2)10-6(7)8-4/h3H2,1-2H3. The van der Waals surface area contributed by atoms with E-state index >= 15 is 0 Å². The molecule has 1 aromatic rings. The first-order chi connectivity index (χ1) is 4.74. The minimum Gasteiger partial charge on any atom is -0.433 e. The monoisotopic (exact) mass is 205 g/mol. The van der Waals surface area contributed by atoms with Gasteiger partial charge in [0.2, 0.25) is 0 Å². The zero-order chi connectivity index (χ0) is 7.56. The van der Waals surface area contributed by atoms with Crippen LogP contribution in [0.2, 0.25) is 0 Å². The molecule has 1 aromatic heterocycles. The Morgan fingerprint density at radius 2 is 2.40 bits per heavy atom. The minimum atomic E-state index is 0.477. The number of hydrogen-bond acceptors (Lipinski definition) is 3. The summed E-state index contributed by atoms with van der Waals surface area (Å²) in [6.45, 7) is 2.35. The van der Waals surface area contributed by atoms with Gasteiger partial charge in [0.15, 0.2) is 5.76 Å². The highest BCUT2D eigenvalue weighted by Crippen LogP contribution is 2.15. The highest BCUT2D eigenvalue weighted by Gasteiger charge is 2.05. The fourth-order valence-electron chi connectivity index (χ4n) is 0.658. The lowest BCUT2D eigenvalue weighted by Crippen LogP contribution is -1.86. The molecular formula is C6H8BrNO2. The van der Waals surface area contributed by atoms with E-state index in [1.54, 1.807) is 7.11 Å². The Labute approximate surface area is 67.5 Å². The molecule has 0 saturated heterocycles. The van der Waals surface area contributed by atoms with Crippen LogP contribution in [0.4, 0.5) is 0 Å². The number of halogens is 1. The average molecular weight is 206 g/mol. The van der Waals surface area contributed by atoms with Crippen LogP contribution in [-0.4, -0.2) is 12.1 Å². The first kappa shape index (κ1) is 7.75. The lowest BCUT2D eigenvalue weighted by Gasteiger charge is -1.91. The van der Waals surface area contributed by atoms with Crippen molar-refractivity contribution in [3.63, 3.8) is 0 Å². The van der Waals surface area contributed by atoms with Gasteiger partial charge < -0.3 is 9.15 Å². The van der Waals surface area contributed by atoms with Gasteiger partial charge in [-0.25, -0.2) is 4.98 Å². The van der Waals surface area contributed by atoms with E-state index in [4.69, 9.17) is 9.15 Å². The number of nitrogens with zero attached hydrogens (tertiary/aromatic N) is 1. The molecule has 0 spiro atoms. The molecule has 10 heavy (non-hydrogen) atoms. The van der Waals surface area contributed by atoms with Crippen molar-refractivity contribution in [1.29, 1.82) is 0 Å². The Kier molecular flexibility index (Phi) is 2.45. The van der Waals surface area contributed by atoms with Crippen molar-refractivity contribution < 1.29 is 9.15 Å². The van der Waals surface area contributed by atoms with Crippen LogP contribution in [0.3, 0.4) is 0 Å². The Morgan fingerprint density at radius 1 is 1.70 bits per heavy atom. The molecule has 0 aromatic carbocycles. The second-order valence-electron chi connectivity index (χ2n) is 1.91. The van der Waals surface area contributed by atoms with Crippen LogP contribution in [0, 0.1) is 6.92 Å². The van der Waals surface area contributed by atoms with Gasteiger partial charge in [-0.2, -0.15) is 0 Å². The van der Waals surface area contributed by atoms with Gasteiger partial charge in [-0.05, 0) is 6.92 Å². The molecule has 1 heterocycles. The van der Waals surface area contributed by atoms with Gasteiger partial charge >= 0.3 is 0 Å². The maximum atomic E-state index is 5.14. The molecule has 0 fully saturated rings. The molecule has 0 saturated carbocycles. The highest BCUT2D eigenvalue weighted by molar-refractivity contribution is 9.10. The summed E-state index contributed by atoms with van der Waals surface area (Å²) < 4.78 is 10.0. The molecule has 0 aliphatic rings. The van der Waals surface area contributed by atoms with Crippen molar-refractivity contribution in [2.24, 2.45) is 0 Å². The van der Waals surface area contributed by atoms with Gasteiger partial charge in [-0.15, -0.1) is 0 Å². The van der Waals surface area contributed by atoms with Crippen molar-refractivity contribution in [2.75, 3.05) is 7.11 Å². The maximum Gasteiger partial charge on any atom is 0.264 e. The average Bonchev–Trinajstić information content (AvgIpc) is 2.13. The molecular weight excluding hydrogens is 198 g/mol. The fourth-order valence-corrected chi connectivity index (χ4v) is 1.12. The predicted octanol–water partition coefficient (Wildman–Crippen LogP) is 1.89. The number of methoxy groups -OCH3 is 1. The molecule has 0 bridgehead atoms. The van der Waals surface area contributed by atoms with Crippen LogP contribution in [0.5, 0.6) is 0 Å². The van der Waals surface area contributed by atoms with Crippen LogP contribution in [0.1, 0.15) is 11.5 Å². The van der Waals surface area contributed by atoms with Gasteiger partial charge in [0, 0.05) is 23.0 Å². The number of aryl methyl sites for hydroxylation is 1. The van der Waals surface area contributed by atoms with E-state index in [1.807, 2.05) is 6.92 Å². The second kappa shape index (κ2) is 3.16. The number of oxazole rings is 1. The van der Waals surface area contributed by atoms with Crippen LogP contribution in [0.25, 0.3) is 0 Å². The Bertz CT molecular complexity index is 222. The van der Waals surface area contributed by atoms with Crippen LogP contribution in [-0.2, 0) is 11.3 Å². The maximum absolute atomic E-state index is 5.14. The first-order valence-electron chi connectivity index (χ1n) is 2.84. The number of ether oxygens (including phenoxy) is 1. The molecule has 56 valence electrons. The molecule has 0 aliphatic carbocycles. The molecule has 1 rings (SSSR count). The molecule has 4 heteroatoms. The summed E-state index contributed by atoms with van der Waals surface area (Å²) in [4.78, 5) is 4.51. The van der Waals surface area contributed by atoms with Crippen LogP contribution < -0.4 is 0 Å². The summed E-state index contributed by atoms with van der Waals surface area (Å²) in [5.41, 5.74) is 0.869. The van der Waals surface area contributed by atoms with Crippen molar-refractivity contribution in [1.82, 2.24) is 4.98 Å². The van der Waals surface area contributed by atoms with Crippen molar-refractivity contribution in [3.8, 4) is 0 Å². The summed E-state index contributed by atoms with van der Waals surface area (Å²) >= 11 is 3.12. The van der Waals surface area contributed by atoms with Gasteiger partial charge in [0.1, 0.15) is 6.61 Å². The molecule has 0 aliphatic heterocycles. The quantitative estimate of drug-likeness (QED) is 0.741. The van der Waals surface area contributed by atoms with E-state index in [-0.39, 0.29) is 0 Å². The second-order valence-corrected chi connectivity index (χ2v) is 2.59. The summed E-state index contributed by atoms with van der Waals surface area (Å²) in [6.07, 6.45) is 0. The van der Waals surface area contributed by atoms with E-state index in [2.05, 4.69) is 20.9 Å². The highest BCUT2D eigenvalue weighted by atomic mass is 79.9. The third kappa shape index (κ3) is 1.58. The first-order valence-corrected chi connectivity index (χ1v) is 3.64. The Morgan fingerprint density at radius 3 is 2.80 bits per heavy atom. The normalized spacial score (nSPS) is 10.3. The number of hydrogen-bond donors (Lipinski definition) is 0. The topological polar surface area (TPSA) is 35.3 Å². The lowest BCUT2D eigenvalue weighted by atomic mass is 10.4. The smallest absolute Gasteiger partial charge is 0.264 e. The van der Waals surface area contributed by atoms with E-state index in [9.17, 15) is 0 Å². The minimum absolute atomic E-state index is 0.477.